The van der Waals surface area contributed by atoms with Crippen molar-refractivity contribution >= 4 is 40.9 Å². The number of hydrogen-bond acceptors (Lipinski definition) is 7. The normalized spacial score (nSPS) is 14.5. The highest BCUT2D eigenvalue weighted by molar-refractivity contribution is 7.80. The summed E-state index contributed by atoms with van der Waals surface area (Å²) in [7, 11) is 4.75. The Labute approximate surface area is 214 Å². The zero-order valence-corrected chi connectivity index (χ0v) is 20.8. The molecule has 1 heterocycles. The van der Waals surface area contributed by atoms with Crippen LogP contribution >= 0.6 is 12.2 Å². The SMILES string of the molecule is COc1ccc(N2C(=O)/C(=C/c3ccc(OCc4cc(OC)ccc4OC)cc3)C(=O)NC2=S)cc1. The maximum atomic E-state index is 13.2. The molecule has 8 nitrogen and oxygen atoms in total. The molecular formula is C27H24N2O6S. The van der Waals surface area contributed by atoms with Crippen LogP contribution in [0.15, 0.2) is 72.3 Å². The fourth-order valence-corrected chi connectivity index (χ4v) is 3.89. The molecule has 9 heteroatoms. The molecule has 3 aromatic rings. The smallest absolute Gasteiger partial charge is 0.270 e. The van der Waals surface area contributed by atoms with Crippen LogP contribution in [0.25, 0.3) is 6.08 Å². The van der Waals surface area contributed by atoms with Gasteiger partial charge in [-0.25, -0.2) is 0 Å². The first-order valence-electron chi connectivity index (χ1n) is 10.9. The summed E-state index contributed by atoms with van der Waals surface area (Å²) in [6, 6.07) is 19.3. The number of carbonyl (C=O) groups is 2. The number of anilines is 1. The molecule has 0 bridgehead atoms. The van der Waals surface area contributed by atoms with Gasteiger partial charge in [-0.3, -0.25) is 19.8 Å². The number of nitrogens with one attached hydrogen (secondary N) is 1. The Kier molecular flexibility index (Phi) is 7.50. The van der Waals surface area contributed by atoms with Crippen LogP contribution in [-0.4, -0.2) is 38.3 Å². The lowest BCUT2D eigenvalue weighted by molar-refractivity contribution is -0.122. The third kappa shape index (κ3) is 5.31. The van der Waals surface area contributed by atoms with Crippen LogP contribution in [0.2, 0.25) is 0 Å². The van der Waals surface area contributed by atoms with Crippen molar-refractivity contribution in [3.63, 3.8) is 0 Å². The molecule has 0 aromatic heterocycles. The third-order valence-corrected chi connectivity index (χ3v) is 5.79. The summed E-state index contributed by atoms with van der Waals surface area (Å²) >= 11 is 5.24. The third-order valence-electron chi connectivity index (χ3n) is 5.51. The Morgan fingerprint density at radius 2 is 1.47 bits per heavy atom. The van der Waals surface area contributed by atoms with E-state index < -0.39 is 11.8 Å². The van der Waals surface area contributed by atoms with E-state index in [1.807, 2.05) is 18.2 Å². The topological polar surface area (TPSA) is 86.3 Å². The minimum Gasteiger partial charge on any atom is -0.497 e. The van der Waals surface area contributed by atoms with Gasteiger partial charge < -0.3 is 18.9 Å². The molecule has 4 rings (SSSR count). The zero-order valence-electron chi connectivity index (χ0n) is 19.9. The molecule has 0 unspecified atom stereocenters. The second kappa shape index (κ2) is 10.9. The van der Waals surface area contributed by atoms with Gasteiger partial charge in [-0.1, -0.05) is 12.1 Å². The molecule has 0 atom stereocenters. The van der Waals surface area contributed by atoms with E-state index >= 15 is 0 Å². The molecule has 0 saturated carbocycles. The number of amides is 2. The molecule has 2 amide bonds. The van der Waals surface area contributed by atoms with E-state index in [-0.39, 0.29) is 17.3 Å². The summed E-state index contributed by atoms with van der Waals surface area (Å²) in [5.41, 5.74) is 1.98. The van der Waals surface area contributed by atoms with Gasteiger partial charge >= 0.3 is 0 Å². The van der Waals surface area contributed by atoms with Crippen molar-refractivity contribution < 1.29 is 28.5 Å². The van der Waals surface area contributed by atoms with Gasteiger partial charge in [0.05, 0.1) is 27.0 Å². The first-order chi connectivity index (χ1) is 17.4. The van der Waals surface area contributed by atoms with Gasteiger partial charge in [-0.2, -0.15) is 0 Å². The van der Waals surface area contributed by atoms with Crippen molar-refractivity contribution in [3.05, 3.63) is 83.4 Å². The fourth-order valence-electron chi connectivity index (χ4n) is 3.61. The van der Waals surface area contributed by atoms with E-state index in [0.717, 1.165) is 5.56 Å². The highest BCUT2D eigenvalue weighted by atomic mass is 32.1. The average Bonchev–Trinajstić information content (AvgIpc) is 2.90. The van der Waals surface area contributed by atoms with E-state index in [2.05, 4.69) is 5.32 Å². The first kappa shape index (κ1) is 24.7. The summed E-state index contributed by atoms with van der Waals surface area (Å²) in [5, 5.41) is 2.60. The Morgan fingerprint density at radius 1 is 0.833 bits per heavy atom. The minimum absolute atomic E-state index is 0.0176. The van der Waals surface area contributed by atoms with Crippen molar-refractivity contribution in [2.45, 2.75) is 6.61 Å². The maximum absolute atomic E-state index is 13.2. The Hall–Kier alpha value is -4.37. The standard InChI is InChI=1S/C27H24N2O6S/c1-32-20-10-6-19(7-11-20)29-26(31)23(25(30)28-27(29)36)14-17-4-8-21(9-5-17)35-16-18-15-22(33-2)12-13-24(18)34-3/h4-15H,16H2,1-3H3,(H,28,30,36)/b23-14+. The van der Waals surface area contributed by atoms with Gasteiger partial charge in [0.1, 0.15) is 35.2 Å². The quantitative estimate of drug-likeness (QED) is 0.281. The Bertz CT molecular complexity index is 1320. The number of nitrogens with zero attached hydrogens (tertiary/aromatic N) is 1. The molecule has 1 fully saturated rings. The summed E-state index contributed by atoms with van der Waals surface area (Å²) in [6.07, 6.45) is 1.52. The van der Waals surface area contributed by atoms with Gasteiger partial charge in [0, 0.05) is 5.56 Å². The average molecular weight is 505 g/mol. The Balaban J connectivity index is 1.50. The summed E-state index contributed by atoms with van der Waals surface area (Å²) in [6.45, 7) is 0.274. The molecule has 0 radical (unpaired) electrons. The van der Waals surface area contributed by atoms with Gasteiger partial charge in [0.25, 0.3) is 11.8 Å². The largest absolute Gasteiger partial charge is 0.497 e. The summed E-state index contributed by atoms with van der Waals surface area (Å²) in [4.78, 5) is 27.0. The second-order valence-electron chi connectivity index (χ2n) is 7.69. The highest BCUT2D eigenvalue weighted by Crippen LogP contribution is 2.27. The molecule has 3 aromatic carbocycles. The molecule has 0 spiro atoms. The molecule has 1 aliphatic heterocycles. The molecule has 0 aliphatic carbocycles. The van der Waals surface area contributed by atoms with Crippen molar-refractivity contribution in [2.24, 2.45) is 0 Å². The minimum atomic E-state index is -0.555. The lowest BCUT2D eigenvalue weighted by atomic mass is 10.1. The zero-order chi connectivity index (χ0) is 25.7. The van der Waals surface area contributed by atoms with Crippen LogP contribution in [-0.2, 0) is 16.2 Å². The maximum Gasteiger partial charge on any atom is 0.270 e. The van der Waals surface area contributed by atoms with Crippen LogP contribution in [0.3, 0.4) is 0 Å². The predicted molar refractivity (Wildman–Crippen MR) is 140 cm³/mol. The molecule has 184 valence electrons. The number of carbonyl (C=O) groups excluding carboxylic acids is 2. The number of ether oxygens (including phenoxy) is 4. The van der Waals surface area contributed by atoms with Crippen LogP contribution in [0.1, 0.15) is 11.1 Å². The summed E-state index contributed by atoms with van der Waals surface area (Å²) in [5.74, 6) is 1.58. The number of benzene rings is 3. The van der Waals surface area contributed by atoms with E-state index in [1.54, 1.807) is 69.9 Å². The predicted octanol–water partition coefficient (Wildman–Crippen LogP) is 4.12. The number of rotatable bonds is 8. The van der Waals surface area contributed by atoms with Gasteiger partial charge in [-0.05, 0) is 78.5 Å². The molecular weight excluding hydrogens is 480 g/mol. The first-order valence-corrected chi connectivity index (χ1v) is 11.3. The molecule has 1 N–H and O–H groups in total. The fraction of sp³-hybridized carbons (Fsp3) is 0.148. The lowest BCUT2D eigenvalue weighted by Crippen LogP contribution is -2.54. The van der Waals surface area contributed by atoms with Gasteiger partial charge in [-0.15, -0.1) is 0 Å². The van der Waals surface area contributed by atoms with E-state index in [4.69, 9.17) is 31.2 Å². The van der Waals surface area contributed by atoms with Crippen LogP contribution in [0.4, 0.5) is 5.69 Å². The van der Waals surface area contributed by atoms with Crippen LogP contribution in [0, 0.1) is 0 Å². The molecule has 1 aliphatic rings. The van der Waals surface area contributed by atoms with E-state index in [0.29, 0.717) is 34.2 Å². The number of thiocarbonyl (C=S) groups is 1. The number of methoxy groups -OCH3 is 3. The van der Waals surface area contributed by atoms with E-state index in [1.165, 1.54) is 11.0 Å². The number of hydrogen-bond donors (Lipinski definition) is 1. The van der Waals surface area contributed by atoms with Crippen molar-refractivity contribution in [2.75, 3.05) is 26.2 Å². The van der Waals surface area contributed by atoms with Crippen LogP contribution in [0.5, 0.6) is 23.0 Å². The highest BCUT2D eigenvalue weighted by Gasteiger charge is 2.34. The van der Waals surface area contributed by atoms with Crippen molar-refractivity contribution in [1.29, 1.82) is 0 Å². The van der Waals surface area contributed by atoms with Gasteiger partial charge in [0.2, 0.25) is 0 Å². The summed E-state index contributed by atoms with van der Waals surface area (Å²) < 4.78 is 21.7. The van der Waals surface area contributed by atoms with Crippen LogP contribution < -0.4 is 29.2 Å². The monoisotopic (exact) mass is 504 g/mol. The van der Waals surface area contributed by atoms with Crippen molar-refractivity contribution in [1.82, 2.24) is 5.32 Å². The van der Waals surface area contributed by atoms with E-state index in [9.17, 15) is 9.59 Å². The second-order valence-corrected chi connectivity index (χ2v) is 8.08. The Morgan fingerprint density at radius 3 is 2.11 bits per heavy atom. The van der Waals surface area contributed by atoms with Gasteiger partial charge in [0.15, 0.2) is 5.11 Å². The molecule has 1 saturated heterocycles. The van der Waals surface area contributed by atoms with Crippen molar-refractivity contribution in [3.8, 4) is 23.0 Å². The lowest BCUT2D eigenvalue weighted by Gasteiger charge is -2.29. The molecule has 36 heavy (non-hydrogen) atoms.